The second-order valence-corrected chi connectivity index (χ2v) is 9.12. The van der Waals surface area contributed by atoms with Gasteiger partial charge in [0.2, 0.25) is 11.8 Å². The highest BCUT2D eigenvalue weighted by Gasteiger charge is 2.51. The van der Waals surface area contributed by atoms with Crippen LogP contribution < -0.4 is 10.4 Å². The van der Waals surface area contributed by atoms with Crippen molar-refractivity contribution in [2.24, 2.45) is 11.8 Å². The molecule has 5 rings (SSSR count). The molecule has 0 aromatic heterocycles. The molecule has 4 aliphatic rings. The van der Waals surface area contributed by atoms with Crippen LogP contribution in [0.5, 0.6) is 0 Å². The second kappa shape index (κ2) is 8.65. The molecule has 7 nitrogen and oxygen atoms in total. The number of hydrogen-bond donors (Lipinski definition) is 1. The van der Waals surface area contributed by atoms with Crippen molar-refractivity contribution in [2.75, 3.05) is 44.3 Å². The van der Waals surface area contributed by atoms with Crippen molar-refractivity contribution in [2.45, 2.75) is 44.2 Å². The molecule has 0 spiro atoms. The number of nitrogens with zero attached hydrogens (tertiary/aromatic N) is 3. The number of rotatable bonds is 4. The van der Waals surface area contributed by atoms with E-state index in [1.54, 1.807) is 5.01 Å². The molecular formula is C23H32N4O3. The largest absolute Gasteiger partial charge is 0.377 e. The molecule has 0 radical (unpaired) electrons. The van der Waals surface area contributed by atoms with E-state index < -0.39 is 0 Å². The Morgan fingerprint density at radius 3 is 2.60 bits per heavy atom. The van der Waals surface area contributed by atoms with Crippen LogP contribution in [0.2, 0.25) is 0 Å². The quantitative estimate of drug-likeness (QED) is 0.815. The van der Waals surface area contributed by atoms with Gasteiger partial charge in [-0.25, -0.2) is 10.4 Å². The average molecular weight is 413 g/mol. The van der Waals surface area contributed by atoms with Crippen LogP contribution in [0.3, 0.4) is 0 Å². The Balaban J connectivity index is 1.38. The van der Waals surface area contributed by atoms with Gasteiger partial charge in [-0.05, 0) is 44.2 Å². The van der Waals surface area contributed by atoms with Gasteiger partial charge in [-0.15, -0.1) is 0 Å². The fourth-order valence-corrected chi connectivity index (χ4v) is 5.51. The minimum absolute atomic E-state index is 0.0692. The number of likely N-dealkylation sites (tertiary alicyclic amines) is 2. The third kappa shape index (κ3) is 3.86. The third-order valence-electron chi connectivity index (χ3n) is 7.08. The van der Waals surface area contributed by atoms with Crippen LogP contribution in [-0.4, -0.2) is 73.1 Å². The number of fused-ring (bicyclic) bond motifs is 1. The average Bonchev–Trinajstić information content (AvgIpc) is 3.42. The number of piperidine rings is 2. The Labute approximate surface area is 178 Å². The Kier molecular flexibility index (Phi) is 5.76. The summed E-state index contributed by atoms with van der Waals surface area (Å²) in [5, 5.41) is 1.67. The molecule has 4 saturated heterocycles. The van der Waals surface area contributed by atoms with E-state index in [-0.39, 0.29) is 35.8 Å². The highest BCUT2D eigenvalue weighted by molar-refractivity contribution is 5.98. The molecule has 1 N–H and O–H groups in total. The van der Waals surface area contributed by atoms with Crippen LogP contribution in [0.4, 0.5) is 5.69 Å². The van der Waals surface area contributed by atoms with E-state index in [1.165, 1.54) is 6.42 Å². The monoisotopic (exact) mass is 412 g/mol. The highest BCUT2D eigenvalue weighted by Crippen LogP contribution is 2.33. The number of ether oxygens (including phenoxy) is 1. The summed E-state index contributed by atoms with van der Waals surface area (Å²) in [6.07, 6.45) is 5.75. The topological polar surface area (TPSA) is 65.1 Å². The number of nitrogens with one attached hydrogen (secondary N) is 1. The van der Waals surface area contributed by atoms with E-state index in [9.17, 15) is 9.59 Å². The Morgan fingerprint density at radius 2 is 1.87 bits per heavy atom. The first-order valence-corrected chi connectivity index (χ1v) is 11.5. The first kappa shape index (κ1) is 20.0. The lowest BCUT2D eigenvalue weighted by atomic mass is 9.83. The van der Waals surface area contributed by atoms with E-state index in [0.717, 1.165) is 57.6 Å². The van der Waals surface area contributed by atoms with E-state index >= 15 is 0 Å². The fourth-order valence-electron chi connectivity index (χ4n) is 5.51. The first-order chi connectivity index (χ1) is 14.7. The SMILES string of the molecule is O=C(C1CN(CC2CCCO2)CC2C(=O)N(c3ccccc3)NC12)N1CCCCC1. The molecule has 4 unspecified atom stereocenters. The summed E-state index contributed by atoms with van der Waals surface area (Å²) in [6.45, 7) is 4.70. The van der Waals surface area contributed by atoms with E-state index in [1.807, 2.05) is 35.2 Å². The second-order valence-electron chi connectivity index (χ2n) is 9.12. The molecular weight excluding hydrogens is 380 g/mol. The molecule has 0 aliphatic carbocycles. The number of carbonyl (C=O) groups excluding carboxylic acids is 2. The molecule has 7 heteroatoms. The molecule has 1 aromatic carbocycles. The molecule has 2 amide bonds. The summed E-state index contributed by atoms with van der Waals surface area (Å²) in [7, 11) is 0. The number of carbonyl (C=O) groups is 2. The van der Waals surface area contributed by atoms with Gasteiger partial charge in [0.25, 0.3) is 0 Å². The first-order valence-electron chi connectivity index (χ1n) is 11.5. The zero-order valence-corrected chi connectivity index (χ0v) is 17.5. The number of benzene rings is 1. The van der Waals surface area contributed by atoms with Crippen molar-refractivity contribution in [3.8, 4) is 0 Å². The normalized spacial score (nSPS) is 32.5. The molecule has 30 heavy (non-hydrogen) atoms. The van der Waals surface area contributed by atoms with E-state index in [4.69, 9.17) is 4.74 Å². The van der Waals surface area contributed by atoms with Crippen molar-refractivity contribution in [3.63, 3.8) is 0 Å². The lowest BCUT2D eigenvalue weighted by Gasteiger charge is -2.41. The lowest BCUT2D eigenvalue weighted by molar-refractivity contribution is -0.140. The zero-order chi connectivity index (χ0) is 20.5. The van der Waals surface area contributed by atoms with Crippen LogP contribution >= 0.6 is 0 Å². The maximum absolute atomic E-state index is 13.5. The van der Waals surface area contributed by atoms with Crippen molar-refractivity contribution >= 4 is 17.5 Å². The Bertz CT molecular complexity index is 761. The number of amides is 2. The lowest BCUT2D eigenvalue weighted by Crippen LogP contribution is -2.58. The fraction of sp³-hybridized carbons (Fsp3) is 0.652. The van der Waals surface area contributed by atoms with Crippen LogP contribution in [0.1, 0.15) is 32.1 Å². The van der Waals surface area contributed by atoms with Gasteiger partial charge in [0.1, 0.15) is 0 Å². The summed E-state index contributed by atoms with van der Waals surface area (Å²) in [4.78, 5) is 31.2. The number of hydrazine groups is 1. The van der Waals surface area contributed by atoms with Gasteiger partial charge < -0.3 is 9.64 Å². The number of hydrogen-bond acceptors (Lipinski definition) is 5. The predicted molar refractivity (Wildman–Crippen MR) is 114 cm³/mol. The maximum atomic E-state index is 13.5. The van der Waals surface area contributed by atoms with Crippen molar-refractivity contribution in [1.29, 1.82) is 0 Å². The van der Waals surface area contributed by atoms with E-state index in [0.29, 0.717) is 13.1 Å². The number of para-hydroxylation sites is 1. The third-order valence-corrected chi connectivity index (χ3v) is 7.08. The Morgan fingerprint density at radius 1 is 1.07 bits per heavy atom. The highest BCUT2D eigenvalue weighted by atomic mass is 16.5. The maximum Gasteiger partial charge on any atom is 0.247 e. The molecule has 0 saturated carbocycles. The molecule has 4 aliphatic heterocycles. The summed E-state index contributed by atoms with van der Waals surface area (Å²) in [5.41, 5.74) is 4.26. The van der Waals surface area contributed by atoms with Crippen molar-refractivity contribution < 1.29 is 14.3 Å². The summed E-state index contributed by atoms with van der Waals surface area (Å²) < 4.78 is 5.85. The van der Waals surface area contributed by atoms with Crippen molar-refractivity contribution in [1.82, 2.24) is 15.2 Å². The standard InChI is InChI=1S/C23H32N4O3/c28-22(26-11-5-2-6-12-26)19-15-25(14-18-10-7-13-30-18)16-20-21(19)24-27(23(20)29)17-8-3-1-4-9-17/h1,3-4,8-9,18-21,24H,2,5-7,10-16H2. The molecule has 0 bridgehead atoms. The van der Waals surface area contributed by atoms with Crippen molar-refractivity contribution in [3.05, 3.63) is 30.3 Å². The van der Waals surface area contributed by atoms with Gasteiger partial charge in [-0.1, -0.05) is 18.2 Å². The van der Waals surface area contributed by atoms with Gasteiger partial charge in [0.05, 0.1) is 29.7 Å². The van der Waals surface area contributed by atoms with E-state index in [2.05, 4.69) is 10.3 Å². The van der Waals surface area contributed by atoms with Gasteiger partial charge in [-0.2, -0.15) is 0 Å². The minimum Gasteiger partial charge on any atom is -0.377 e. The number of anilines is 1. The van der Waals surface area contributed by atoms with Gasteiger partial charge in [0.15, 0.2) is 0 Å². The van der Waals surface area contributed by atoms with Crippen LogP contribution in [-0.2, 0) is 14.3 Å². The van der Waals surface area contributed by atoms with Crippen LogP contribution in [0, 0.1) is 11.8 Å². The van der Waals surface area contributed by atoms with Gasteiger partial charge in [-0.3, -0.25) is 14.5 Å². The summed E-state index contributed by atoms with van der Waals surface area (Å²) in [6, 6.07) is 9.55. The Hall–Kier alpha value is -1.96. The molecule has 4 atom stereocenters. The van der Waals surface area contributed by atoms with Gasteiger partial charge >= 0.3 is 0 Å². The zero-order valence-electron chi connectivity index (χ0n) is 17.5. The molecule has 4 heterocycles. The van der Waals surface area contributed by atoms with Crippen LogP contribution in [0.25, 0.3) is 0 Å². The predicted octanol–water partition coefficient (Wildman–Crippen LogP) is 1.65. The van der Waals surface area contributed by atoms with Crippen LogP contribution in [0.15, 0.2) is 30.3 Å². The summed E-state index contributed by atoms with van der Waals surface area (Å²) in [5.74, 6) is -0.142. The minimum atomic E-state index is -0.209. The smallest absolute Gasteiger partial charge is 0.247 e. The summed E-state index contributed by atoms with van der Waals surface area (Å²) >= 11 is 0. The molecule has 4 fully saturated rings. The molecule has 162 valence electrons. The molecule has 1 aromatic rings. The van der Waals surface area contributed by atoms with Gasteiger partial charge in [0, 0.05) is 39.3 Å².